The zero-order valence-electron chi connectivity index (χ0n) is 17.4. The molecule has 0 amide bonds. The van der Waals surface area contributed by atoms with Gasteiger partial charge in [0.25, 0.3) is 0 Å². The molecule has 1 aromatic heterocycles. The summed E-state index contributed by atoms with van der Waals surface area (Å²) in [5.74, 6) is 5.90. The van der Waals surface area contributed by atoms with E-state index in [4.69, 9.17) is 27.1 Å². The lowest BCUT2D eigenvalue weighted by molar-refractivity contribution is 0.123. The first-order valence-corrected chi connectivity index (χ1v) is 11.9. The Bertz CT molecular complexity index is 677. The topological polar surface area (TPSA) is 56.5 Å². The van der Waals surface area contributed by atoms with Crippen molar-refractivity contribution in [2.45, 2.75) is 83.2 Å². The number of nitrogens with two attached hydrogens (primary N) is 1. The molecular weight excluding hydrogens is 392 g/mol. The summed E-state index contributed by atoms with van der Waals surface area (Å²) in [6.45, 7) is 8.43. The molecule has 2 aliphatic rings. The molecule has 0 aliphatic carbocycles. The van der Waals surface area contributed by atoms with E-state index in [9.17, 15) is 0 Å². The normalized spacial score (nSPS) is 30.7. The van der Waals surface area contributed by atoms with Crippen LogP contribution in [0.5, 0.6) is 0 Å². The van der Waals surface area contributed by atoms with Gasteiger partial charge in [0.15, 0.2) is 0 Å². The summed E-state index contributed by atoms with van der Waals surface area (Å²) in [5.41, 5.74) is 2.82. The van der Waals surface area contributed by atoms with Crippen LogP contribution >= 0.6 is 22.9 Å². The van der Waals surface area contributed by atoms with Crippen molar-refractivity contribution in [2.75, 3.05) is 13.2 Å². The number of rotatable bonds is 4. The van der Waals surface area contributed by atoms with Crippen molar-refractivity contribution in [1.29, 1.82) is 0 Å². The predicted octanol–water partition coefficient (Wildman–Crippen LogP) is 5.34. The molecular formula is C22H35ClN2O2S. The quantitative estimate of drug-likeness (QED) is 0.503. The largest absolute Gasteiger partial charge is 0.419 e. The van der Waals surface area contributed by atoms with Gasteiger partial charge < -0.3 is 14.9 Å². The summed E-state index contributed by atoms with van der Waals surface area (Å²) in [6.07, 6.45) is 9.50. The van der Waals surface area contributed by atoms with Gasteiger partial charge in [-0.25, -0.2) is 0 Å². The molecule has 4 nitrogen and oxygen atoms in total. The highest BCUT2D eigenvalue weighted by molar-refractivity contribution is 7.16. The van der Waals surface area contributed by atoms with Crippen LogP contribution in [0.1, 0.15) is 69.7 Å². The van der Waals surface area contributed by atoms with E-state index >= 15 is 0 Å². The summed E-state index contributed by atoms with van der Waals surface area (Å²) < 4.78 is 6.72. The van der Waals surface area contributed by atoms with Crippen molar-refractivity contribution in [3.63, 3.8) is 0 Å². The minimum atomic E-state index is 0.154. The highest BCUT2D eigenvalue weighted by atomic mass is 35.5. The molecule has 1 aromatic rings. The summed E-state index contributed by atoms with van der Waals surface area (Å²) in [5, 5.41) is 3.83. The third-order valence-corrected chi connectivity index (χ3v) is 8.09. The van der Waals surface area contributed by atoms with Crippen LogP contribution in [0.4, 0.5) is 0 Å². The van der Waals surface area contributed by atoms with Crippen LogP contribution < -0.4 is 11.2 Å². The van der Waals surface area contributed by atoms with Gasteiger partial charge in [-0.2, -0.15) is 5.90 Å². The van der Waals surface area contributed by atoms with Crippen molar-refractivity contribution in [3.05, 3.63) is 32.7 Å². The zero-order valence-corrected chi connectivity index (χ0v) is 19.0. The first-order valence-electron chi connectivity index (χ1n) is 10.7. The Morgan fingerprint density at radius 3 is 3.04 bits per heavy atom. The lowest BCUT2D eigenvalue weighted by atomic mass is 9.66. The van der Waals surface area contributed by atoms with Crippen molar-refractivity contribution in [2.24, 2.45) is 11.8 Å². The van der Waals surface area contributed by atoms with Gasteiger partial charge in [0.05, 0.1) is 10.9 Å². The molecule has 1 fully saturated rings. The second-order valence-corrected chi connectivity index (χ2v) is 10.3. The highest BCUT2D eigenvalue weighted by Gasteiger charge is 2.44. The molecule has 0 radical (unpaired) electrons. The van der Waals surface area contributed by atoms with E-state index in [1.165, 1.54) is 28.9 Å². The number of nitrogens with one attached hydrogen (secondary N) is 1. The van der Waals surface area contributed by atoms with Gasteiger partial charge in [-0.1, -0.05) is 31.9 Å². The van der Waals surface area contributed by atoms with Crippen molar-refractivity contribution < 1.29 is 9.57 Å². The van der Waals surface area contributed by atoms with Gasteiger partial charge in [-0.15, -0.1) is 11.3 Å². The van der Waals surface area contributed by atoms with Gasteiger partial charge in [0.2, 0.25) is 0 Å². The Morgan fingerprint density at radius 1 is 1.46 bits per heavy atom. The Kier molecular flexibility index (Phi) is 7.85. The molecule has 0 aromatic carbocycles. The smallest absolute Gasteiger partial charge is 0.112 e. The summed E-state index contributed by atoms with van der Waals surface area (Å²) in [7, 11) is 0. The van der Waals surface area contributed by atoms with E-state index < -0.39 is 0 Å². The molecule has 3 heterocycles. The van der Waals surface area contributed by atoms with E-state index in [2.05, 4.69) is 32.2 Å². The van der Waals surface area contributed by atoms with Crippen LogP contribution in [-0.2, 0) is 21.4 Å². The molecule has 4 atom stereocenters. The van der Waals surface area contributed by atoms with E-state index in [1.54, 1.807) is 17.6 Å². The van der Waals surface area contributed by atoms with Crippen LogP contribution in [0.3, 0.4) is 0 Å². The molecule has 0 bridgehead atoms. The number of ether oxygens (including phenoxy) is 1. The molecule has 2 aliphatic heterocycles. The molecule has 4 unspecified atom stereocenters. The minimum absolute atomic E-state index is 0.154. The molecule has 28 heavy (non-hydrogen) atoms. The van der Waals surface area contributed by atoms with Gasteiger partial charge in [0, 0.05) is 29.0 Å². The lowest BCUT2D eigenvalue weighted by Crippen LogP contribution is -2.52. The molecule has 6 heteroatoms. The van der Waals surface area contributed by atoms with Crippen LogP contribution in [-0.4, -0.2) is 25.3 Å². The molecule has 1 saturated heterocycles. The van der Waals surface area contributed by atoms with Crippen molar-refractivity contribution in [1.82, 2.24) is 5.32 Å². The van der Waals surface area contributed by atoms with E-state index in [0.717, 1.165) is 49.7 Å². The second-order valence-electron chi connectivity index (χ2n) is 8.60. The van der Waals surface area contributed by atoms with E-state index in [-0.39, 0.29) is 11.5 Å². The predicted molar refractivity (Wildman–Crippen MR) is 118 cm³/mol. The maximum absolute atomic E-state index is 6.51. The molecule has 3 rings (SSSR count). The zero-order chi connectivity index (χ0) is 20.1. The highest BCUT2D eigenvalue weighted by Crippen LogP contribution is 2.49. The standard InChI is InChI=1S/C22H35ClN2O2S/c1-4-15(2)18(14-27-24)19-13-22(12-16(3)25-19)8-5-6-9-26-10-7-17-11-20(23)28-21(17)22/h11,14-16,19,25H,4-10,12-13,24H2,1-3H3. The summed E-state index contributed by atoms with van der Waals surface area (Å²) >= 11 is 8.30. The first-order chi connectivity index (χ1) is 13.5. The molecule has 3 N–H and O–H groups in total. The summed E-state index contributed by atoms with van der Waals surface area (Å²) in [4.78, 5) is 6.49. The van der Waals surface area contributed by atoms with Crippen molar-refractivity contribution in [3.8, 4) is 0 Å². The van der Waals surface area contributed by atoms with Gasteiger partial charge in [0.1, 0.15) is 6.26 Å². The number of piperidine rings is 1. The fourth-order valence-corrected chi connectivity index (χ4v) is 6.61. The lowest BCUT2D eigenvalue weighted by Gasteiger charge is -2.46. The number of hydrogen-bond acceptors (Lipinski definition) is 5. The van der Waals surface area contributed by atoms with Crippen molar-refractivity contribution >= 4 is 22.9 Å². The summed E-state index contributed by atoms with van der Waals surface area (Å²) in [6, 6.07) is 2.87. The molecule has 1 spiro atoms. The molecule has 0 saturated carbocycles. The number of fused-ring (bicyclic) bond motifs is 2. The Morgan fingerprint density at radius 2 is 2.29 bits per heavy atom. The Hall–Kier alpha value is -0.590. The minimum Gasteiger partial charge on any atom is -0.419 e. The van der Waals surface area contributed by atoms with Crippen LogP contribution in [0.2, 0.25) is 4.34 Å². The second kappa shape index (κ2) is 9.94. The first kappa shape index (κ1) is 22.1. The maximum Gasteiger partial charge on any atom is 0.112 e. The number of thiophene rings is 1. The average molecular weight is 427 g/mol. The van der Waals surface area contributed by atoms with Crippen LogP contribution in [0.25, 0.3) is 0 Å². The average Bonchev–Trinajstić information content (AvgIpc) is 3.05. The fraction of sp³-hybridized carbons (Fsp3) is 0.727. The van der Waals surface area contributed by atoms with E-state index in [1.807, 2.05) is 0 Å². The van der Waals surface area contributed by atoms with Gasteiger partial charge in [-0.3, -0.25) is 0 Å². The number of halogens is 1. The third-order valence-electron chi connectivity index (χ3n) is 6.54. The SMILES string of the molecule is CCC(C)C(=CON)C1CC2(CCCCOCCc3cc(Cl)sc32)CC(C)N1. The maximum atomic E-state index is 6.51. The molecule has 158 valence electrons. The van der Waals surface area contributed by atoms with Gasteiger partial charge >= 0.3 is 0 Å². The third kappa shape index (κ3) is 4.93. The van der Waals surface area contributed by atoms with E-state index in [0.29, 0.717) is 12.0 Å². The van der Waals surface area contributed by atoms with Gasteiger partial charge in [-0.05, 0) is 68.6 Å². The van der Waals surface area contributed by atoms with Crippen LogP contribution in [0, 0.1) is 5.92 Å². The monoisotopic (exact) mass is 426 g/mol. The number of hydrogen-bond donors (Lipinski definition) is 2. The Balaban J connectivity index is 2.00. The fourth-order valence-electron chi connectivity index (χ4n) is 5.08. The van der Waals surface area contributed by atoms with Crippen LogP contribution in [0.15, 0.2) is 17.9 Å². The Labute approximate surface area is 178 Å².